The number of aliphatic carboxylic acids is 1. The van der Waals surface area contributed by atoms with E-state index in [1.54, 1.807) is 18.7 Å². The summed E-state index contributed by atoms with van der Waals surface area (Å²) in [6.07, 6.45) is 0. The largest absolute Gasteiger partial charge is 0.480 e. The van der Waals surface area contributed by atoms with Crippen LogP contribution in [0, 0.1) is 0 Å². The van der Waals surface area contributed by atoms with Gasteiger partial charge in [0.05, 0.1) is 5.52 Å². The molecule has 1 aromatic heterocycles. The zero-order valence-corrected chi connectivity index (χ0v) is 11.2. The van der Waals surface area contributed by atoms with Crippen LogP contribution in [0.5, 0.6) is 0 Å². The second kappa shape index (κ2) is 4.79. The summed E-state index contributed by atoms with van der Waals surface area (Å²) in [5.41, 5.74) is 0.307. The van der Waals surface area contributed by atoms with Crippen LogP contribution in [0.15, 0.2) is 24.3 Å². The average molecular weight is 260 g/mol. The van der Waals surface area contributed by atoms with Crippen LogP contribution in [0.2, 0.25) is 0 Å². The number of aromatic nitrogens is 3. The average Bonchev–Trinajstić information content (AvgIpc) is 2.39. The Kier molecular flexibility index (Phi) is 3.33. The van der Waals surface area contributed by atoms with E-state index in [0.29, 0.717) is 23.5 Å². The van der Waals surface area contributed by atoms with E-state index in [0.717, 1.165) is 0 Å². The molecule has 0 amide bonds. The molecule has 2 aromatic rings. The fourth-order valence-electron chi connectivity index (χ4n) is 1.89. The molecule has 0 spiro atoms. The molecule has 0 aliphatic carbocycles. The van der Waals surface area contributed by atoms with E-state index < -0.39 is 11.5 Å². The maximum absolute atomic E-state index is 11.3. The van der Waals surface area contributed by atoms with Gasteiger partial charge in [-0.2, -0.15) is 0 Å². The Morgan fingerprint density at radius 1 is 1.26 bits per heavy atom. The molecule has 1 aromatic carbocycles. The molecule has 0 saturated carbocycles. The molecule has 2 rings (SSSR count). The fourth-order valence-corrected chi connectivity index (χ4v) is 1.89. The van der Waals surface area contributed by atoms with E-state index in [1.165, 1.54) is 0 Å². The van der Waals surface area contributed by atoms with Gasteiger partial charge in [-0.3, -0.25) is 0 Å². The molecule has 6 nitrogen and oxygen atoms in total. The van der Waals surface area contributed by atoms with Gasteiger partial charge in [-0.05, 0) is 32.9 Å². The summed E-state index contributed by atoms with van der Waals surface area (Å²) in [4.78, 5) is 17.3. The molecule has 6 heteroatoms. The lowest BCUT2D eigenvalue weighted by Crippen LogP contribution is -2.51. The lowest BCUT2D eigenvalue weighted by Gasteiger charge is -2.33. The number of likely N-dealkylation sites (N-methyl/N-ethyl adjacent to an activating group) is 1. The summed E-state index contributed by atoms with van der Waals surface area (Å²) in [6.45, 7) is 5.59. The molecule has 0 radical (unpaired) electrons. The first-order valence-corrected chi connectivity index (χ1v) is 6.07. The van der Waals surface area contributed by atoms with Crippen molar-refractivity contribution < 1.29 is 9.90 Å². The highest BCUT2D eigenvalue weighted by Gasteiger charge is 2.35. The summed E-state index contributed by atoms with van der Waals surface area (Å²) < 4.78 is 0. The highest BCUT2D eigenvalue weighted by Crippen LogP contribution is 2.21. The predicted molar refractivity (Wildman–Crippen MR) is 72.1 cm³/mol. The van der Waals surface area contributed by atoms with Gasteiger partial charge in [0.25, 0.3) is 0 Å². The molecule has 0 fully saturated rings. The molecule has 100 valence electrons. The van der Waals surface area contributed by atoms with Gasteiger partial charge >= 0.3 is 5.97 Å². The van der Waals surface area contributed by atoms with E-state index in [2.05, 4.69) is 15.2 Å². The number of hydrogen-bond donors (Lipinski definition) is 1. The minimum absolute atomic E-state index is 0.327. The van der Waals surface area contributed by atoms with Gasteiger partial charge in [0, 0.05) is 6.54 Å². The number of fused-ring (bicyclic) bond motifs is 1. The number of carboxylic acids is 1. The number of hydrogen-bond acceptors (Lipinski definition) is 5. The zero-order chi connectivity index (χ0) is 14.0. The van der Waals surface area contributed by atoms with Crippen LogP contribution in [-0.4, -0.2) is 38.3 Å². The maximum Gasteiger partial charge on any atom is 0.329 e. The molecule has 0 aliphatic rings. The molecule has 1 heterocycles. The Bertz CT molecular complexity index is 612. The van der Waals surface area contributed by atoms with E-state index in [-0.39, 0.29) is 0 Å². The summed E-state index contributed by atoms with van der Waals surface area (Å²) in [5.74, 6) is -0.597. The van der Waals surface area contributed by atoms with Crippen LogP contribution in [0.3, 0.4) is 0 Å². The molecule has 0 atom stereocenters. The van der Waals surface area contributed by atoms with Crippen molar-refractivity contribution in [2.45, 2.75) is 26.3 Å². The summed E-state index contributed by atoms with van der Waals surface area (Å²) in [5, 5.41) is 17.4. The second-order valence-electron chi connectivity index (χ2n) is 4.71. The second-order valence-corrected chi connectivity index (χ2v) is 4.71. The summed E-state index contributed by atoms with van der Waals surface area (Å²) in [6, 6.07) is 7.36. The Balaban J connectivity index is 2.49. The van der Waals surface area contributed by atoms with Gasteiger partial charge in [0.1, 0.15) is 11.1 Å². The number of benzene rings is 1. The minimum Gasteiger partial charge on any atom is -0.480 e. The van der Waals surface area contributed by atoms with Crippen molar-refractivity contribution >= 4 is 23.0 Å². The summed E-state index contributed by atoms with van der Waals surface area (Å²) >= 11 is 0. The molecular weight excluding hydrogens is 244 g/mol. The number of carbonyl (C=O) groups is 1. The molecule has 1 N–H and O–H groups in total. The van der Waals surface area contributed by atoms with Crippen LogP contribution in [0.25, 0.3) is 11.0 Å². The SMILES string of the molecule is CCN(c1nnc2ccccc2n1)C(C)(C)C(=O)O. The standard InChI is InChI=1S/C13H16N4O2/c1-4-17(13(2,3)11(18)19)12-14-9-7-5-6-8-10(9)15-16-12/h5-8H,4H2,1-3H3,(H,18,19). The van der Waals surface area contributed by atoms with E-state index in [4.69, 9.17) is 0 Å². The smallest absolute Gasteiger partial charge is 0.329 e. The number of anilines is 1. The van der Waals surface area contributed by atoms with Crippen molar-refractivity contribution in [3.8, 4) is 0 Å². The van der Waals surface area contributed by atoms with Crippen molar-refractivity contribution in [1.82, 2.24) is 15.2 Å². The highest BCUT2D eigenvalue weighted by atomic mass is 16.4. The Morgan fingerprint density at radius 2 is 1.89 bits per heavy atom. The molecular formula is C13H16N4O2. The molecule has 19 heavy (non-hydrogen) atoms. The third-order valence-electron chi connectivity index (χ3n) is 3.11. The van der Waals surface area contributed by atoms with Gasteiger partial charge in [-0.25, -0.2) is 9.78 Å². The van der Waals surface area contributed by atoms with E-state index in [1.807, 2.05) is 31.2 Å². The third-order valence-corrected chi connectivity index (χ3v) is 3.11. The van der Waals surface area contributed by atoms with Gasteiger partial charge in [-0.1, -0.05) is 12.1 Å². The quantitative estimate of drug-likeness (QED) is 0.901. The van der Waals surface area contributed by atoms with E-state index >= 15 is 0 Å². The van der Waals surface area contributed by atoms with Crippen LogP contribution >= 0.6 is 0 Å². The third kappa shape index (κ3) is 2.33. The number of para-hydroxylation sites is 1. The predicted octanol–water partition coefficient (Wildman–Crippen LogP) is 1.71. The van der Waals surface area contributed by atoms with Crippen molar-refractivity contribution in [1.29, 1.82) is 0 Å². The minimum atomic E-state index is -1.08. The number of nitrogens with zero attached hydrogens (tertiary/aromatic N) is 4. The Labute approximate surface area is 111 Å². The number of carboxylic acid groups (broad SMARTS) is 1. The van der Waals surface area contributed by atoms with Gasteiger partial charge < -0.3 is 10.0 Å². The maximum atomic E-state index is 11.3. The van der Waals surface area contributed by atoms with Gasteiger partial charge in [-0.15, -0.1) is 10.2 Å². The van der Waals surface area contributed by atoms with Crippen molar-refractivity contribution in [2.75, 3.05) is 11.4 Å². The van der Waals surface area contributed by atoms with Crippen molar-refractivity contribution in [3.05, 3.63) is 24.3 Å². The Hall–Kier alpha value is -2.24. The van der Waals surface area contributed by atoms with Crippen LogP contribution in [0.4, 0.5) is 5.95 Å². The first kappa shape index (κ1) is 13.2. The van der Waals surface area contributed by atoms with Crippen molar-refractivity contribution in [2.24, 2.45) is 0 Å². The normalized spacial score (nSPS) is 11.5. The lowest BCUT2D eigenvalue weighted by atomic mass is 10.0. The topological polar surface area (TPSA) is 79.2 Å². The Morgan fingerprint density at radius 3 is 2.47 bits per heavy atom. The van der Waals surface area contributed by atoms with Gasteiger partial charge in [0.15, 0.2) is 0 Å². The molecule has 0 aliphatic heterocycles. The first-order valence-electron chi connectivity index (χ1n) is 6.07. The fraction of sp³-hybridized carbons (Fsp3) is 0.385. The molecule has 0 bridgehead atoms. The van der Waals surface area contributed by atoms with Crippen LogP contribution < -0.4 is 4.90 Å². The number of rotatable bonds is 4. The first-order chi connectivity index (χ1) is 8.96. The monoisotopic (exact) mass is 260 g/mol. The highest BCUT2D eigenvalue weighted by molar-refractivity contribution is 5.82. The molecule has 0 saturated heterocycles. The van der Waals surface area contributed by atoms with Gasteiger partial charge in [0.2, 0.25) is 5.95 Å². The zero-order valence-electron chi connectivity index (χ0n) is 11.2. The summed E-state index contributed by atoms with van der Waals surface area (Å²) in [7, 11) is 0. The van der Waals surface area contributed by atoms with Crippen LogP contribution in [-0.2, 0) is 4.79 Å². The van der Waals surface area contributed by atoms with Crippen LogP contribution in [0.1, 0.15) is 20.8 Å². The van der Waals surface area contributed by atoms with Crippen molar-refractivity contribution in [3.63, 3.8) is 0 Å². The molecule has 0 unspecified atom stereocenters. The van der Waals surface area contributed by atoms with E-state index in [9.17, 15) is 9.90 Å². The lowest BCUT2D eigenvalue weighted by molar-refractivity contribution is -0.142.